The normalized spacial score (nSPS) is 19.3. The molecule has 0 saturated carbocycles. The van der Waals surface area contributed by atoms with Gasteiger partial charge in [0.25, 0.3) is 10.8 Å². The minimum atomic E-state index is -0.458. The summed E-state index contributed by atoms with van der Waals surface area (Å²) in [7, 11) is 1.64. The number of hydrogen-bond donors (Lipinski definition) is 1. The molecule has 9 nitrogen and oxygen atoms in total. The van der Waals surface area contributed by atoms with Gasteiger partial charge in [-0.15, -0.1) is 0 Å². The van der Waals surface area contributed by atoms with E-state index >= 15 is 0 Å². The predicted octanol–water partition coefficient (Wildman–Crippen LogP) is 2.84. The first kappa shape index (κ1) is 20.9. The van der Waals surface area contributed by atoms with Gasteiger partial charge in [-0.3, -0.25) is 14.3 Å². The Bertz CT molecular complexity index is 1360. The molecule has 1 fully saturated rings. The first-order valence-electron chi connectivity index (χ1n) is 10.8. The molecule has 0 aliphatic carbocycles. The lowest BCUT2D eigenvalue weighted by molar-refractivity contribution is 0.352. The highest BCUT2D eigenvalue weighted by Crippen LogP contribution is 2.29. The summed E-state index contributed by atoms with van der Waals surface area (Å²) in [5, 5.41) is 0.596. The van der Waals surface area contributed by atoms with Gasteiger partial charge < -0.3 is 13.9 Å². The van der Waals surface area contributed by atoms with Crippen molar-refractivity contribution in [2.75, 3.05) is 23.7 Å². The van der Waals surface area contributed by atoms with Gasteiger partial charge in [-0.2, -0.15) is 4.98 Å². The molecule has 4 aromatic rings. The maximum atomic E-state index is 12.8. The fourth-order valence-electron chi connectivity index (χ4n) is 4.64. The zero-order chi connectivity index (χ0) is 22.4. The van der Waals surface area contributed by atoms with Crippen molar-refractivity contribution in [3.8, 4) is 0 Å². The number of aromatic amines is 1. The van der Waals surface area contributed by atoms with Crippen LogP contribution in [0.2, 0.25) is 0 Å². The lowest BCUT2D eigenvalue weighted by Gasteiger charge is -2.35. The molecule has 1 aliphatic rings. The van der Waals surface area contributed by atoms with Gasteiger partial charge in [-0.1, -0.05) is 37.7 Å². The van der Waals surface area contributed by atoms with Gasteiger partial charge in [0.15, 0.2) is 16.7 Å². The maximum absolute atomic E-state index is 12.8. The van der Waals surface area contributed by atoms with Crippen molar-refractivity contribution in [2.24, 2.45) is 18.9 Å². The van der Waals surface area contributed by atoms with Crippen LogP contribution in [-0.4, -0.2) is 42.9 Å². The predicted molar refractivity (Wildman–Crippen MR) is 125 cm³/mol. The second-order valence-corrected chi connectivity index (χ2v) is 9.75. The summed E-state index contributed by atoms with van der Waals surface area (Å²) in [6.45, 7) is 6.76. The number of oxazole rings is 1. The highest BCUT2D eigenvalue weighted by molar-refractivity contribution is 7.99. The molecule has 1 aliphatic heterocycles. The lowest BCUT2D eigenvalue weighted by Crippen LogP contribution is -2.40. The highest BCUT2D eigenvalue weighted by Gasteiger charge is 2.27. The summed E-state index contributed by atoms with van der Waals surface area (Å²) >= 11 is 1.50. The third-order valence-corrected chi connectivity index (χ3v) is 6.76. The number of aryl methyl sites for hydroxylation is 2. The van der Waals surface area contributed by atoms with E-state index in [0.29, 0.717) is 40.5 Å². The van der Waals surface area contributed by atoms with E-state index in [-0.39, 0.29) is 0 Å². The van der Waals surface area contributed by atoms with E-state index in [2.05, 4.69) is 28.7 Å². The molecule has 0 radical (unpaired) electrons. The summed E-state index contributed by atoms with van der Waals surface area (Å²) in [6, 6.07) is 7.67. The van der Waals surface area contributed by atoms with E-state index in [9.17, 15) is 9.59 Å². The standard InChI is InChI=1S/C22H26N6O3S/c1-13-10-14(2)12-27(11-13)20-24-18-17(19(29)25-21(30)26(18)3)28(20)8-9-32-22-23-15-6-4-5-7-16(15)31-22/h4-7,13-14H,8-12H2,1-3H3,(H,25,29,30)/t13-,14-/m0/s1. The van der Waals surface area contributed by atoms with Gasteiger partial charge in [0.05, 0.1) is 0 Å². The first-order valence-corrected chi connectivity index (χ1v) is 11.8. The van der Waals surface area contributed by atoms with Crippen molar-refractivity contribution < 1.29 is 4.42 Å². The number of imidazole rings is 1. The van der Waals surface area contributed by atoms with Gasteiger partial charge in [0.2, 0.25) is 5.95 Å². The van der Waals surface area contributed by atoms with Crippen molar-refractivity contribution in [3.63, 3.8) is 0 Å². The molecule has 0 amide bonds. The van der Waals surface area contributed by atoms with E-state index in [1.807, 2.05) is 28.8 Å². The van der Waals surface area contributed by atoms with E-state index in [0.717, 1.165) is 30.1 Å². The van der Waals surface area contributed by atoms with Crippen LogP contribution in [0.5, 0.6) is 0 Å². The number of benzene rings is 1. The van der Waals surface area contributed by atoms with E-state index in [1.54, 1.807) is 7.05 Å². The number of nitrogens with zero attached hydrogens (tertiary/aromatic N) is 5. The Kier molecular flexibility index (Phi) is 5.32. The lowest BCUT2D eigenvalue weighted by atomic mass is 9.92. The number of piperidine rings is 1. The molecule has 1 aromatic carbocycles. The van der Waals surface area contributed by atoms with Crippen molar-refractivity contribution in [1.82, 2.24) is 24.1 Å². The SMILES string of the molecule is C[C@H]1C[C@H](C)CN(c2nc3c(c(=O)[nH]c(=O)n3C)n2CCSc2nc3ccccc3o2)C1. The molecule has 4 heterocycles. The first-order chi connectivity index (χ1) is 15.4. The second kappa shape index (κ2) is 8.16. The topological polar surface area (TPSA) is 102 Å². The van der Waals surface area contributed by atoms with Gasteiger partial charge in [-0.05, 0) is 30.4 Å². The highest BCUT2D eigenvalue weighted by atomic mass is 32.2. The third kappa shape index (κ3) is 3.72. The smallest absolute Gasteiger partial charge is 0.329 e. The Morgan fingerprint density at radius 2 is 1.91 bits per heavy atom. The number of H-pyrrole nitrogens is 1. The summed E-state index contributed by atoms with van der Waals surface area (Å²) in [5.74, 6) is 2.45. The van der Waals surface area contributed by atoms with Crippen LogP contribution in [0.25, 0.3) is 22.3 Å². The van der Waals surface area contributed by atoms with Crippen molar-refractivity contribution >= 4 is 40.0 Å². The quantitative estimate of drug-likeness (QED) is 0.463. The molecular weight excluding hydrogens is 428 g/mol. The van der Waals surface area contributed by atoms with Crippen LogP contribution in [0.4, 0.5) is 5.95 Å². The Labute approximate surface area is 188 Å². The number of hydrogen-bond acceptors (Lipinski definition) is 7. The largest absolute Gasteiger partial charge is 0.431 e. The second-order valence-electron chi connectivity index (χ2n) is 8.70. The van der Waals surface area contributed by atoms with Gasteiger partial charge in [0, 0.05) is 32.4 Å². The zero-order valence-corrected chi connectivity index (χ0v) is 19.2. The Morgan fingerprint density at radius 3 is 2.66 bits per heavy atom. The molecule has 5 rings (SSSR count). The molecular formula is C22H26N6O3S. The van der Waals surface area contributed by atoms with Crippen molar-refractivity contribution in [1.29, 1.82) is 0 Å². The van der Waals surface area contributed by atoms with Crippen LogP contribution < -0.4 is 16.1 Å². The van der Waals surface area contributed by atoms with Crippen LogP contribution in [0, 0.1) is 11.8 Å². The zero-order valence-electron chi connectivity index (χ0n) is 18.4. The van der Waals surface area contributed by atoms with Gasteiger partial charge >= 0.3 is 5.69 Å². The molecule has 32 heavy (non-hydrogen) atoms. The molecule has 0 bridgehead atoms. The Morgan fingerprint density at radius 1 is 1.16 bits per heavy atom. The molecule has 168 valence electrons. The number of fused-ring (bicyclic) bond motifs is 2. The molecule has 1 N–H and O–H groups in total. The Hall–Kier alpha value is -3.01. The fraction of sp³-hybridized carbons (Fsp3) is 0.455. The summed E-state index contributed by atoms with van der Waals surface area (Å²) in [6.07, 6.45) is 1.17. The van der Waals surface area contributed by atoms with Crippen LogP contribution in [0.1, 0.15) is 20.3 Å². The molecule has 1 saturated heterocycles. The molecule has 3 aromatic heterocycles. The van der Waals surface area contributed by atoms with Crippen molar-refractivity contribution in [3.05, 3.63) is 45.1 Å². The third-order valence-electron chi connectivity index (χ3n) is 5.95. The fourth-order valence-corrected chi connectivity index (χ4v) is 5.40. The van der Waals surface area contributed by atoms with E-state index in [4.69, 9.17) is 9.40 Å². The number of nitrogens with one attached hydrogen (secondary N) is 1. The van der Waals surface area contributed by atoms with Crippen molar-refractivity contribution in [2.45, 2.75) is 32.0 Å². The van der Waals surface area contributed by atoms with Crippen LogP contribution in [0.15, 0.2) is 43.5 Å². The summed E-state index contributed by atoms with van der Waals surface area (Å²) in [5.41, 5.74) is 1.54. The number of rotatable bonds is 5. The average Bonchev–Trinajstić information content (AvgIpc) is 3.33. The number of aromatic nitrogens is 5. The maximum Gasteiger partial charge on any atom is 0.329 e. The Balaban J connectivity index is 1.50. The van der Waals surface area contributed by atoms with E-state index in [1.165, 1.54) is 22.7 Å². The van der Waals surface area contributed by atoms with Crippen LogP contribution in [-0.2, 0) is 13.6 Å². The number of anilines is 1. The molecule has 10 heteroatoms. The van der Waals surface area contributed by atoms with E-state index < -0.39 is 11.2 Å². The number of thioether (sulfide) groups is 1. The molecule has 0 unspecified atom stereocenters. The van der Waals surface area contributed by atoms with Gasteiger partial charge in [0.1, 0.15) is 5.52 Å². The summed E-state index contributed by atoms with van der Waals surface area (Å²) < 4.78 is 9.15. The average molecular weight is 455 g/mol. The minimum Gasteiger partial charge on any atom is -0.431 e. The molecule has 0 spiro atoms. The van der Waals surface area contributed by atoms with Gasteiger partial charge in [-0.25, -0.2) is 9.78 Å². The van der Waals surface area contributed by atoms with Crippen LogP contribution in [0.3, 0.4) is 0 Å². The number of para-hydroxylation sites is 2. The molecule has 2 atom stereocenters. The minimum absolute atomic E-state index is 0.409. The monoisotopic (exact) mass is 454 g/mol. The van der Waals surface area contributed by atoms with Crippen LogP contribution >= 0.6 is 11.8 Å². The summed E-state index contributed by atoms with van der Waals surface area (Å²) in [4.78, 5) is 38.9.